The van der Waals surface area contributed by atoms with Crippen LogP contribution in [0.1, 0.15) is 32.6 Å². The molecule has 0 aliphatic heterocycles. The van der Waals surface area contributed by atoms with Gasteiger partial charge in [-0.1, -0.05) is 0 Å². The van der Waals surface area contributed by atoms with Gasteiger partial charge in [-0.15, -0.1) is 0 Å². The molecule has 0 aromatic rings. The van der Waals surface area contributed by atoms with E-state index < -0.39 is 0 Å². The summed E-state index contributed by atoms with van der Waals surface area (Å²) in [6, 6.07) is 0.635. The average Bonchev–Trinajstić information content (AvgIpc) is 2.18. The average molecular weight is 200 g/mol. The van der Waals surface area contributed by atoms with Crippen LogP contribution >= 0.6 is 0 Å². The van der Waals surface area contributed by atoms with Crippen molar-refractivity contribution in [3.05, 3.63) is 0 Å². The molecular formula is C10H20N2O2. The zero-order valence-corrected chi connectivity index (χ0v) is 9.03. The fourth-order valence-corrected chi connectivity index (χ4v) is 1.86. The zero-order valence-electron chi connectivity index (χ0n) is 9.03. The quantitative estimate of drug-likeness (QED) is 0.732. The standard InChI is InChI=1S/C10H20N2O2/c1-3-14-10(13)12(2)9-6-4-8(11)5-7-9/h8-9H,3-7,11H2,1-2H3. The second-order valence-corrected chi connectivity index (χ2v) is 3.88. The second-order valence-electron chi connectivity index (χ2n) is 3.88. The van der Waals surface area contributed by atoms with Crippen molar-refractivity contribution in [3.63, 3.8) is 0 Å². The van der Waals surface area contributed by atoms with Crippen molar-refractivity contribution in [3.8, 4) is 0 Å². The lowest BCUT2D eigenvalue weighted by Gasteiger charge is -2.32. The van der Waals surface area contributed by atoms with Crippen LogP contribution in [0.15, 0.2) is 0 Å². The second kappa shape index (κ2) is 5.20. The van der Waals surface area contributed by atoms with Gasteiger partial charge in [0.2, 0.25) is 0 Å². The summed E-state index contributed by atoms with van der Waals surface area (Å²) in [5.41, 5.74) is 5.80. The molecule has 0 bridgehead atoms. The van der Waals surface area contributed by atoms with Crippen molar-refractivity contribution in [1.29, 1.82) is 0 Å². The summed E-state index contributed by atoms with van der Waals surface area (Å²) < 4.78 is 4.94. The summed E-state index contributed by atoms with van der Waals surface area (Å²) in [4.78, 5) is 13.1. The monoisotopic (exact) mass is 200 g/mol. The van der Waals surface area contributed by atoms with Gasteiger partial charge in [-0.05, 0) is 32.6 Å². The highest BCUT2D eigenvalue weighted by molar-refractivity contribution is 5.67. The van der Waals surface area contributed by atoms with Crippen LogP contribution in [-0.4, -0.2) is 36.7 Å². The first-order valence-electron chi connectivity index (χ1n) is 5.30. The summed E-state index contributed by atoms with van der Waals surface area (Å²) >= 11 is 0. The van der Waals surface area contributed by atoms with Gasteiger partial charge in [0.25, 0.3) is 0 Å². The van der Waals surface area contributed by atoms with E-state index >= 15 is 0 Å². The maximum Gasteiger partial charge on any atom is 0.409 e. The third-order valence-corrected chi connectivity index (χ3v) is 2.84. The van der Waals surface area contributed by atoms with Gasteiger partial charge in [0.1, 0.15) is 0 Å². The van der Waals surface area contributed by atoms with Crippen molar-refractivity contribution < 1.29 is 9.53 Å². The summed E-state index contributed by atoms with van der Waals surface area (Å²) in [5, 5.41) is 0. The Hall–Kier alpha value is -0.770. The Labute approximate surface area is 85.4 Å². The van der Waals surface area contributed by atoms with Crippen LogP contribution in [0.2, 0.25) is 0 Å². The Morgan fingerprint density at radius 1 is 1.43 bits per heavy atom. The summed E-state index contributed by atoms with van der Waals surface area (Å²) in [5.74, 6) is 0. The minimum absolute atomic E-state index is 0.215. The minimum atomic E-state index is -0.215. The third kappa shape index (κ3) is 2.87. The van der Waals surface area contributed by atoms with E-state index in [2.05, 4.69) is 0 Å². The number of carbonyl (C=O) groups excluding carboxylic acids is 1. The van der Waals surface area contributed by atoms with Gasteiger partial charge < -0.3 is 15.4 Å². The Kier molecular flexibility index (Phi) is 4.20. The fourth-order valence-electron chi connectivity index (χ4n) is 1.86. The van der Waals surface area contributed by atoms with Gasteiger partial charge in [0, 0.05) is 19.1 Å². The number of amides is 1. The van der Waals surface area contributed by atoms with Crippen molar-refractivity contribution >= 4 is 6.09 Å². The number of hydrogen-bond donors (Lipinski definition) is 1. The van der Waals surface area contributed by atoms with E-state index in [0.29, 0.717) is 18.7 Å². The maximum absolute atomic E-state index is 11.4. The van der Waals surface area contributed by atoms with Crippen LogP contribution < -0.4 is 5.73 Å². The van der Waals surface area contributed by atoms with E-state index in [-0.39, 0.29) is 6.09 Å². The number of hydrogen-bond acceptors (Lipinski definition) is 3. The highest BCUT2D eigenvalue weighted by atomic mass is 16.6. The minimum Gasteiger partial charge on any atom is -0.450 e. The number of carbonyl (C=O) groups is 1. The molecule has 82 valence electrons. The lowest BCUT2D eigenvalue weighted by atomic mass is 9.91. The van der Waals surface area contributed by atoms with Crippen LogP contribution in [0.25, 0.3) is 0 Å². The molecule has 1 rings (SSSR count). The maximum atomic E-state index is 11.4. The molecule has 1 aliphatic carbocycles. The lowest BCUT2D eigenvalue weighted by molar-refractivity contribution is 0.0917. The Morgan fingerprint density at radius 3 is 2.50 bits per heavy atom. The Bertz CT molecular complexity index is 189. The van der Waals surface area contributed by atoms with Crippen LogP contribution in [-0.2, 0) is 4.74 Å². The number of nitrogens with two attached hydrogens (primary N) is 1. The van der Waals surface area contributed by atoms with Gasteiger partial charge in [-0.2, -0.15) is 0 Å². The van der Waals surface area contributed by atoms with Crippen molar-refractivity contribution in [2.75, 3.05) is 13.7 Å². The topological polar surface area (TPSA) is 55.6 Å². The molecule has 0 spiro atoms. The van der Waals surface area contributed by atoms with E-state index in [9.17, 15) is 4.79 Å². The lowest BCUT2D eigenvalue weighted by Crippen LogP contribution is -2.42. The van der Waals surface area contributed by atoms with Gasteiger partial charge in [0.15, 0.2) is 0 Å². The largest absolute Gasteiger partial charge is 0.450 e. The number of rotatable bonds is 2. The van der Waals surface area contributed by atoms with Gasteiger partial charge in [-0.3, -0.25) is 0 Å². The molecule has 4 heteroatoms. The van der Waals surface area contributed by atoms with Gasteiger partial charge >= 0.3 is 6.09 Å². The molecule has 2 N–H and O–H groups in total. The molecule has 0 radical (unpaired) electrons. The molecule has 0 heterocycles. The molecule has 0 unspecified atom stereocenters. The van der Waals surface area contributed by atoms with Crippen LogP contribution in [0.4, 0.5) is 4.79 Å². The first kappa shape index (κ1) is 11.3. The Morgan fingerprint density at radius 2 is 2.00 bits per heavy atom. The third-order valence-electron chi connectivity index (χ3n) is 2.84. The molecule has 1 saturated carbocycles. The van der Waals surface area contributed by atoms with Gasteiger partial charge in [-0.25, -0.2) is 4.79 Å². The van der Waals surface area contributed by atoms with E-state index in [4.69, 9.17) is 10.5 Å². The van der Waals surface area contributed by atoms with Crippen molar-refractivity contribution in [2.45, 2.75) is 44.7 Å². The molecule has 1 amide bonds. The Balaban J connectivity index is 2.37. The molecule has 0 aromatic carbocycles. The van der Waals surface area contributed by atoms with E-state index in [1.807, 2.05) is 6.92 Å². The van der Waals surface area contributed by atoms with Crippen LogP contribution in [0.5, 0.6) is 0 Å². The molecule has 0 atom stereocenters. The van der Waals surface area contributed by atoms with Gasteiger partial charge in [0.05, 0.1) is 6.61 Å². The summed E-state index contributed by atoms with van der Waals surface area (Å²) in [7, 11) is 1.81. The SMILES string of the molecule is CCOC(=O)N(C)C1CCC(N)CC1. The molecular weight excluding hydrogens is 180 g/mol. The molecule has 0 saturated heterocycles. The first-order valence-corrected chi connectivity index (χ1v) is 5.30. The number of ether oxygens (including phenoxy) is 1. The molecule has 14 heavy (non-hydrogen) atoms. The molecule has 0 aromatic heterocycles. The fraction of sp³-hybridized carbons (Fsp3) is 0.900. The van der Waals surface area contributed by atoms with Crippen LogP contribution in [0.3, 0.4) is 0 Å². The molecule has 1 aliphatic rings. The first-order chi connectivity index (χ1) is 6.65. The summed E-state index contributed by atoms with van der Waals surface area (Å²) in [6.45, 7) is 2.26. The zero-order chi connectivity index (χ0) is 10.6. The number of nitrogens with zero attached hydrogens (tertiary/aromatic N) is 1. The van der Waals surface area contributed by atoms with E-state index in [1.165, 1.54) is 0 Å². The predicted octanol–water partition coefficient (Wildman–Crippen LogP) is 1.34. The predicted molar refractivity (Wildman–Crippen MR) is 55.0 cm³/mol. The summed E-state index contributed by atoms with van der Waals surface area (Å²) in [6.07, 6.45) is 3.79. The van der Waals surface area contributed by atoms with E-state index in [0.717, 1.165) is 25.7 Å². The van der Waals surface area contributed by atoms with Crippen molar-refractivity contribution in [1.82, 2.24) is 4.90 Å². The van der Waals surface area contributed by atoms with Crippen molar-refractivity contribution in [2.24, 2.45) is 5.73 Å². The smallest absolute Gasteiger partial charge is 0.409 e. The van der Waals surface area contributed by atoms with E-state index in [1.54, 1.807) is 11.9 Å². The highest BCUT2D eigenvalue weighted by Crippen LogP contribution is 2.21. The van der Waals surface area contributed by atoms with Crippen LogP contribution in [0, 0.1) is 0 Å². The normalized spacial score (nSPS) is 27.1. The molecule has 1 fully saturated rings. The highest BCUT2D eigenvalue weighted by Gasteiger charge is 2.25. The molecule has 4 nitrogen and oxygen atoms in total.